The summed E-state index contributed by atoms with van der Waals surface area (Å²) in [6.07, 6.45) is 0. The van der Waals surface area contributed by atoms with Crippen molar-refractivity contribution in [3.63, 3.8) is 0 Å². The zero-order valence-electron chi connectivity index (χ0n) is 12.3. The molecule has 3 heteroatoms. The van der Waals surface area contributed by atoms with Crippen molar-refractivity contribution in [3.05, 3.63) is 71.5 Å². The summed E-state index contributed by atoms with van der Waals surface area (Å²) in [5, 5.41) is 3.41. The summed E-state index contributed by atoms with van der Waals surface area (Å²) in [5.74, 6) is 0.248. The fraction of sp³-hybridized carbons (Fsp3) is 0.333. The molecule has 0 unspecified atom stereocenters. The molecule has 0 aliphatic carbocycles. The minimum Gasteiger partial charge on any atom is -0.315 e. The maximum atomic E-state index is 13.1. The third-order valence-corrected chi connectivity index (χ3v) is 4.31. The largest absolute Gasteiger partial charge is 0.315 e. The van der Waals surface area contributed by atoms with Crippen LogP contribution in [0.3, 0.4) is 0 Å². The predicted octanol–water partition coefficient (Wildman–Crippen LogP) is 3.01. The Morgan fingerprint density at radius 1 is 1.05 bits per heavy atom. The van der Waals surface area contributed by atoms with Crippen LogP contribution >= 0.6 is 0 Å². The minimum absolute atomic E-state index is 0.168. The SMILES string of the molecule is CN[C@@H]1CN(Cc2ccccc2)C[C@H]1c1ccc(F)cc1. The number of hydrogen-bond acceptors (Lipinski definition) is 2. The van der Waals surface area contributed by atoms with Crippen LogP contribution in [-0.2, 0) is 6.54 Å². The van der Waals surface area contributed by atoms with E-state index in [1.165, 1.54) is 11.1 Å². The molecule has 1 aliphatic heterocycles. The van der Waals surface area contributed by atoms with Crippen LogP contribution in [-0.4, -0.2) is 31.1 Å². The molecule has 1 aliphatic rings. The van der Waals surface area contributed by atoms with Gasteiger partial charge >= 0.3 is 0 Å². The molecule has 2 aromatic carbocycles. The third-order valence-electron chi connectivity index (χ3n) is 4.31. The van der Waals surface area contributed by atoms with Crippen LogP contribution < -0.4 is 5.32 Å². The van der Waals surface area contributed by atoms with Crippen LogP contribution in [0.25, 0.3) is 0 Å². The lowest BCUT2D eigenvalue weighted by molar-refractivity contribution is 0.320. The summed E-state index contributed by atoms with van der Waals surface area (Å²) in [7, 11) is 2.01. The first-order valence-corrected chi connectivity index (χ1v) is 7.45. The van der Waals surface area contributed by atoms with Crippen LogP contribution in [0.2, 0.25) is 0 Å². The molecule has 0 bridgehead atoms. The molecular formula is C18H21FN2. The molecule has 1 heterocycles. The average molecular weight is 284 g/mol. The fourth-order valence-electron chi connectivity index (χ4n) is 3.20. The van der Waals surface area contributed by atoms with E-state index in [0.29, 0.717) is 12.0 Å². The van der Waals surface area contributed by atoms with E-state index in [-0.39, 0.29) is 5.82 Å². The Bertz CT molecular complexity index is 568. The lowest BCUT2D eigenvalue weighted by atomic mass is 9.94. The zero-order valence-corrected chi connectivity index (χ0v) is 12.3. The Hall–Kier alpha value is -1.71. The van der Waals surface area contributed by atoms with Crippen molar-refractivity contribution in [2.45, 2.75) is 18.5 Å². The summed E-state index contributed by atoms with van der Waals surface area (Å²) in [6.45, 7) is 3.00. The van der Waals surface area contributed by atoms with Crippen molar-refractivity contribution < 1.29 is 4.39 Å². The topological polar surface area (TPSA) is 15.3 Å². The van der Waals surface area contributed by atoms with Gasteiger partial charge in [-0.1, -0.05) is 42.5 Å². The van der Waals surface area contributed by atoms with Gasteiger partial charge < -0.3 is 5.32 Å². The molecule has 2 atom stereocenters. The second-order valence-electron chi connectivity index (χ2n) is 5.73. The fourth-order valence-corrected chi connectivity index (χ4v) is 3.20. The molecule has 0 aromatic heterocycles. The molecule has 1 N–H and O–H groups in total. The van der Waals surface area contributed by atoms with Gasteiger partial charge in [0.1, 0.15) is 5.82 Å². The highest BCUT2D eigenvalue weighted by molar-refractivity contribution is 5.25. The number of benzene rings is 2. The summed E-state index contributed by atoms with van der Waals surface area (Å²) in [4.78, 5) is 2.46. The number of likely N-dealkylation sites (N-methyl/N-ethyl adjacent to an activating group) is 1. The molecule has 1 saturated heterocycles. The van der Waals surface area contributed by atoms with Crippen molar-refractivity contribution in [3.8, 4) is 0 Å². The Kier molecular flexibility index (Phi) is 4.32. The molecule has 2 aromatic rings. The Labute approximate surface area is 125 Å². The number of likely N-dealkylation sites (tertiary alicyclic amines) is 1. The van der Waals surface area contributed by atoms with E-state index >= 15 is 0 Å². The van der Waals surface area contributed by atoms with Crippen LogP contribution in [0.5, 0.6) is 0 Å². The van der Waals surface area contributed by atoms with Crippen molar-refractivity contribution in [1.82, 2.24) is 10.2 Å². The molecule has 0 spiro atoms. The van der Waals surface area contributed by atoms with E-state index in [1.807, 2.05) is 25.2 Å². The first-order chi connectivity index (χ1) is 10.3. The van der Waals surface area contributed by atoms with E-state index in [9.17, 15) is 4.39 Å². The van der Waals surface area contributed by atoms with Gasteiger partial charge in [0.25, 0.3) is 0 Å². The normalized spacial score (nSPS) is 22.6. The summed E-state index contributed by atoms with van der Waals surface area (Å²) in [6, 6.07) is 17.9. The maximum absolute atomic E-state index is 13.1. The molecule has 2 nitrogen and oxygen atoms in total. The minimum atomic E-state index is -0.168. The van der Waals surface area contributed by atoms with Gasteiger partial charge in [-0.15, -0.1) is 0 Å². The lowest BCUT2D eigenvalue weighted by Gasteiger charge is -2.17. The van der Waals surface area contributed by atoms with Crippen LogP contribution in [0, 0.1) is 5.82 Å². The van der Waals surface area contributed by atoms with Gasteiger partial charge in [-0.2, -0.15) is 0 Å². The predicted molar refractivity (Wildman–Crippen MR) is 83.7 cm³/mol. The number of hydrogen-bond donors (Lipinski definition) is 1. The van der Waals surface area contributed by atoms with E-state index in [0.717, 1.165) is 19.6 Å². The third kappa shape index (κ3) is 3.31. The smallest absolute Gasteiger partial charge is 0.123 e. The van der Waals surface area contributed by atoms with Gasteiger partial charge in [0.05, 0.1) is 0 Å². The highest BCUT2D eigenvalue weighted by Gasteiger charge is 2.32. The molecule has 0 saturated carbocycles. The van der Waals surface area contributed by atoms with Crippen molar-refractivity contribution in [2.24, 2.45) is 0 Å². The lowest BCUT2D eigenvalue weighted by Crippen LogP contribution is -2.32. The maximum Gasteiger partial charge on any atom is 0.123 e. The first kappa shape index (κ1) is 14.2. The number of nitrogens with zero attached hydrogens (tertiary/aromatic N) is 1. The van der Waals surface area contributed by atoms with Crippen molar-refractivity contribution in [1.29, 1.82) is 0 Å². The van der Waals surface area contributed by atoms with Gasteiger partial charge in [0.15, 0.2) is 0 Å². The van der Waals surface area contributed by atoms with Gasteiger partial charge in [0, 0.05) is 31.6 Å². The quantitative estimate of drug-likeness (QED) is 0.928. The number of halogens is 1. The zero-order chi connectivity index (χ0) is 14.7. The highest BCUT2D eigenvalue weighted by atomic mass is 19.1. The Morgan fingerprint density at radius 2 is 1.76 bits per heavy atom. The standard InChI is InChI=1S/C18H21FN2/c1-20-18-13-21(11-14-5-3-2-4-6-14)12-17(18)15-7-9-16(19)10-8-15/h2-10,17-18,20H,11-13H2,1H3/t17-,18+/m0/s1. The molecule has 21 heavy (non-hydrogen) atoms. The summed E-state index contributed by atoms with van der Waals surface area (Å²) < 4.78 is 13.1. The summed E-state index contributed by atoms with van der Waals surface area (Å²) >= 11 is 0. The number of rotatable bonds is 4. The van der Waals surface area contributed by atoms with Gasteiger partial charge in [-0.25, -0.2) is 4.39 Å². The molecule has 1 fully saturated rings. The Morgan fingerprint density at radius 3 is 2.43 bits per heavy atom. The summed E-state index contributed by atoms with van der Waals surface area (Å²) in [5.41, 5.74) is 2.55. The van der Waals surface area contributed by atoms with E-state index in [1.54, 1.807) is 12.1 Å². The Balaban J connectivity index is 1.72. The van der Waals surface area contributed by atoms with Gasteiger partial charge in [0.2, 0.25) is 0 Å². The van der Waals surface area contributed by atoms with Crippen LogP contribution in [0.15, 0.2) is 54.6 Å². The van der Waals surface area contributed by atoms with Crippen molar-refractivity contribution in [2.75, 3.05) is 20.1 Å². The monoisotopic (exact) mass is 284 g/mol. The average Bonchev–Trinajstić information content (AvgIpc) is 2.92. The van der Waals surface area contributed by atoms with E-state index < -0.39 is 0 Å². The van der Waals surface area contributed by atoms with Gasteiger partial charge in [-0.05, 0) is 30.3 Å². The number of nitrogens with one attached hydrogen (secondary N) is 1. The molecule has 3 rings (SSSR count). The van der Waals surface area contributed by atoms with Crippen LogP contribution in [0.4, 0.5) is 4.39 Å². The second kappa shape index (κ2) is 6.37. The highest BCUT2D eigenvalue weighted by Crippen LogP contribution is 2.28. The molecule has 0 radical (unpaired) electrons. The second-order valence-corrected chi connectivity index (χ2v) is 5.73. The van der Waals surface area contributed by atoms with E-state index in [2.05, 4.69) is 34.5 Å². The molecule has 0 amide bonds. The van der Waals surface area contributed by atoms with Crippen LogP contribution in [0.1, 0.15) is 17.0 Å². The molecule has 110 valence electrons. The van der Waals surface area contributed by atoms with Crippen molar-refractivity contribution >= 4 is 0 Å². The first-order valence-electron chi connectivity index (χ1n) is 7.45. The van der Waals surface area contributed by atoms with Gasteiger partial charge in [-0.3, -0.25) is 4.90 Å². The molecular weight excluding hydrogens is 263 g/mol. The van der Waals surface area contributed by atoms with E-state index in [4.69, 9.17) is 0 Å².